The molecule has 1 saturated carbocycles. The van der Waals surface area contributed by atoms with E-state index in [1.807, 2.05) is 0 Å². The quantitative estimate of drug-likeness (QED) is 0.835. The van der Waals surface area contributed by atoms with E-state index in [0.29, 0.717) is 11.5 Å². The van der Waals surface area contributed by atoms with Crippen molar-refractivity contribution in [2.45, 2.75) is 37.9 Å². The zero-order valence-electron chi connectivity index (χ0n) is 12.6. The third kappa shape index (κ3) is 3.61. The highest BCUT2D eigenvalue weighted by Gasteiger charge is 2.39. The summed E-state index contributed by atoms with van der Waals surface area (Å²) >= 11 is 3.24. The lowest BCUT2D eigenvalue weighted by molar-refractivity contribution is -0.141. The molecule has 1 aliphatic carbocycles. The van der Waals surface area contributed by atoms with Gasteiger partial charge in [0.25, 0.3) is 0 Å². The van der Waals surface area contributed by atoms with Crippen LogP contribution in [0.5, 0.6) is 0 Å². The molecule has 2 aromatic rings. The second kappa shape index (κ2) is 6.19. The summed E-state index contributed by atoms with van der Waals surface area (Å²) in [6.45, 7) is 1.52. The number of nitrogens with one attached hydrogen (secondary N) is 1. The van der Waals surface area contributed by atoms with E-state index in [4.69, 9.17) is 0 Å². The van der Waals surface area contributed by atoms with Crippen LogP contribution in [0.15, 0.2) is 28.9 Å². The second-order valence-corrected chi connectivity index (χ2v) is 6.61. The van der Waals surface area contributed by atoms with Crippen molar-refractivity contribution in [2.75, 3.05) is 5.32 Å². The second-order valence-electron chi connectivity index (χ2n) is 5.70. The number of anilines is 1. The number of pyridine rings is 1. The molecule has 2 aromatic heterocycles. The van der Waals surface area contributed by atoms with Crippen LogP contribution in [0.25, 0.3) is 0 Å². The normalized spacial score (nSPS) is 16.0. The van der Waals surface area contributed by atoms with E-state index in [1.165, 1.54) is 17.8 Å². The molecule has 0 spiro atoms. The summed E-state index contributed by atoms with van der Waals surface area (Å²) in [4.78, 5) is 16.4. The molecule has 0 aliphatic heterocycles. The Kier molecular flexibility index (Phi) is 4.37. The SMILES string of the molecule is CC(C(=O)Nc1ccc(Br)cn1)n1nc(C(F)(F)F)cc1C1CC1. The van der Waals surface area contributed by atoms with Crippen LogP contribution >= 0.6 is 15.9 Å². The Morgan fingerprint density at radius 2 is 2.12 bits per heavy atom. The zero-order chi connectivity index (χ0) is 17.5. The van der Waals surface area contributed by atoms with Gasteiger partial charge in [0.2, 0.25) is 5.91 Å². The number of nitrogens with zero attached hydrogens (tertiary/aromatic N) is 3. The van der Waals surface area contributed by atoms with Gasteiger partial charge in [-0.1, -0.05) is 0 Å². The number of rotatable bonds is 4. The van der Waals surface area contributed by atoms with Gasteiger partial charge in [-0.15, -0.1) is 0 Å². The van der Waals surface area contributed by atoms with Crippen molar-refractivity contribution in [1.29, 1.82) is 0 Å². The molecule has 1 aliphatic rings. The molecule has 24 heavy (non-hydrogen) atoms. The number of amides is 1. The highest BCUT2D eigenvalue weighted by atomic mass is 79.9. The van der Waals surface area contributed by atoms with Gasteiger partial charge >= 0.3 is 6.18 Å². The lowest BCUT2D eigenvalue weighted by Crippen LogP contribution is -2.26. The average molecular weight is 403 g/mol. The van der Waals surface area contributed by atoms with Crippen LogP contribution in [0.4, 0.5) is 19.0 Å². The van der Waals surface area contributed by atoms with Gasteiger partial charge in [-0.2, -0.15) is 18.3 Å². The summed E-state index contributed by atoms with van der Waals surface area (Å²) in [6, 6.07) is 3.47. The maximum Gasteiger partial charge on any atom is 0.435 e. The first-order valence-corrected chi connectivity index (χ1v) is 8.14. The average Bonchev–Trinajstić information content (AvgIpc) is 3.26. The van der Waals surface area contributed by atoms with Crippen molar-refractivity contribution in [3.63, 3.8) is 0 Å². The van der Waals surface area contributed by atoms with Gasteiger partial charge in [0.1, 0.15) is 11.9 Å². The number of aromatic nitrogens is 3. The van der Waals surface area contributed by atoms with E-state index >= 15 is 0 Å². The van der Waals surface area contributed by atoms with Gasteiger partial charge in [0.15, 0.2) is 5.69 Å². The Labute approximate surface area is 144 Å². The molecule has 0 aromatic carbocycles. The van der Waals surface area contributed by atoms with E-state index in [-0.39, 0.29) is 5.92 Å². The summed E-state index contributed by atoms with van der Waals surface area (Å²) in [6.07, 6.45) is -1.39. The highest BCUT2D eigenvalue weighted by molar-refractivity contribution is 9.10. The minimum absolute atomic E-state index is 0.0367. The van der Waals surface area contributed by atoms with Crippen LogP contribution in [0.2, 0.25) is 0 Å². The molecule has 2 heterocycles. The number of carbonyl (C=O) groups excluding carboxylic acids is 1. The first kappa shape index (κ1) is 16.9. The lowest BCUT2D eigenvalue weighted by atomic mass is 10.2. The van der Waals surface area contributed by atoms with Crippen molar-refractivity contribution < 1.29 is 18.0 Å². The lowest BCUT2D eigenvalue weighted by Gasteiger charge is -2.15. The Bertz CT molecular complexity index is 753. The first-order valence-electron chi connectivity index (χ1n) is 7.35. The zero-order valence-corrected chi connectivity index (χ0v) is 14.2. The number of hydrogen-bond donors (Lipinski definition) is 1. The van der Waals surface area contributed by atoms with Gasteiger partial charge < -0.3 is 5.32 Å². The smallest absolute Gasteiger partial charge is 0.309 e. The molecule has 3 rings (SSSR count). The third-order valence-electron chi connectivity index (χ3n) is 3.78. The van der Waals surface area contributed by atoms with Crippen LogP contribution in [-0.4, -0.2) is 20.7 Å². The number of halogens is 4. The van der Waals surface area contributed by atoms with Crippen molar-refractivity contribution in [3.05, 3.63) is 40.3 Å². The largest absolute Gasteiger partial charge is 0.435 e. The third-order valence-corrected chi connectivity index (χ3v) is 4.24. The number of carbonyl (C=O) groups is 1. The molecule has 1 atom stereocenters. The first-order chi connectivity index (χ1) is 11.3. The van der Waals surface area contributed by atoms with E-state index in [9.17, 15) is 18.0 Å². The molecule has 1 amide bonds. The van der Waals surface area contributed by atoms with Crippen LogP contribution in [0.3, 0.4) is 0 Å². The van der Waals surface area contributed by atoms with Crippen molar-refractivity contribution in [3.8, 4) is 0 Å². The van der Waals surface area contributed by atoms with Gasteiger partial charge in [-0.3, -0.25) is 9.48 Å². The molecule has 1 N–H and O–H groups in total. The molecule has 1 unspecified atom stereocenters. The van der Waals surface area contributed by atoms with Gasteiger partial charge in [-0.05, 0) is 53.9 Å². The molecular weight excluding hydrogens is 389 g/mol. The predicted octanol–water partition coefficient (Wildman–Crippen LogP) is 4.14. The standard InChI is InChI=1S/C15H14BrF3N4O/c1-8(14(24)21-13-5-4-10(16)7-20-13)23-11(9-2-3-9)6-12(22-23)15(17,18)19/h4-9H,2-3H2,1H3,(H,20,21,24). The Hall–Kier alpha value is -1.90. The fourth-order valence-electron chi connectivity index (χ4n) is 2.33. The van der Waals surface area contributed by atoms with Crippen molar-refractivity contribution >= 4 is 27.7 Å². The molecular formula is C15H14BrF3N4O. The highest BCUT2D eigenvalue weighted by Crippen LogP contribution is 2.43. The van der Waals surface area contributed by atoms with Crippen LogP contribution in [0.1, 0.15) is 43.1 Å². The summed E-state index contributed by atoms with van der Waals surface area (Å²) < 4.78 is 40.7. The van der Waals surface area contributed by atoms with E-state index < -0.39 is 23.8 Å². The Morgan fingerprint density at radius 3 is 2.67 bits per heavy atom. The maximum atomic E-state index is 12.9. The molecule has 9 heteroatoms. The van der Waals surface area contributed by atoms with Gasteiger partial charge in [0.05, 0.1) is 0 Å². The summed E-state index contributed by atoms with van der Waals surface area (Å²) in [7, 11) is 0. The molecule has 0 radical (unpaired) electrons. The monoisotopic (exact) mass is 402 g/mol. The summed E-state index contributed by atoms with van der Waals surface area (Å²) in [5, 5.41) is 6.21. The number of alkyl halides is 3. The number of hydrogen-bond acceptors (Lipinski definition) is 3. The van der Waals surface area contributed by atoms with Crippen molar-refractivity contribution in [2.24, 2.45) is 0 Å². The minimum atomic E-state index is -4.53. The predicted molar refractivity (Wildman–Crippen MR) is 84.5 cm³/mol. The van der Waals surface area contributed by atoms with E-state index in [2.05, 4.69) is 31.3 Å². The fourth-order valence-corrected chi connectivity index (χ4v) is 2.57. The summed E-state index contributed by atoms with van der Waals surface area (Å²) in [5.41, 5.74) is -0.514. The topological polar surface area (TPSA) is 59.8 Å². The van der Waals surface area contributed by atoms with Crippen LogP contribution in [0, 0.1) is 0 Å². The van der Waals surface area contributed by atoms with Crippen LogP contribution < -0.4 is 5.32 Å². The molecule has 1 fully saturated rings. The molecule has 0 bridgehead atoms. The Morgan fingerprint density at radius 1 is 1.42 bits per heavy atom. The molecule has 128 valence electrons. The van der Waals surface area contributed by atoms with Crippen LogP contribution in [-0.2, 0) is 11.0 Å². The molecule has 5 nitrogen and oxygen atoms in total. The van der Waals surface area contributed by atoms with E-state index in [0.717, 1.165) is 23.4 Å². The Balaban J connectivity index is 1.83. The van der Waals surface area contributed by atoms with Crippen molar-refractivity contribution in [1.82, 2.24) is 14.8 Å². The fraction of sp³-hybridized carbons (Fsp3) is 0.400. The van der Waals surface area contributed by atoms with Gasteiger partial charge in [0, 0.05) is 22.3 Å². The van der Waals surface area contributed by atoms with Gasteiger partial charge in [-0.25, -0.2) is 4.98 Å². The van der Waals surface area contributed by atoms with E-state index in [1.54, 1.807) is 12.1 Å². The summed E-state index contributed by atoms with van der Waals surface area (Å²) in [5.74, 6) is -0.107. The maximum absolute atomic E-state index is 12.9. The molecule has 0 saturated heterocycles. The minimum Gasteiger partial charge on any atom is -0.309 e.